The third-order valence-corrected chi connectivity index (χ3v) is 3.82. The fourth-order valence-corrected chi connectivity index (χ4v) is 2.51. The number of methoxy groups -OCH3 is 1. The molecule has 0 fully saturated rings. The van der Waals surface area contributed by atoms with E-state index in [1.165, 1.54) is 22.0 Å². The van der Waals surface area contributed by atoms with Crippen molar-refractivity contribution in [3.63, 3.8) is 0 Å². The molecule has 3 rings (SSSR count). The van der Waals surface area contributed by atoms with Gasteiger partial charge in [-0.15, -0.1) is 0 Å². The highest BCUT2D eigenvalue weighted by molar-refractivity contribution is 5.79. The number of fused-ring (bicyclic) bond motifs is 1. The molecular weight excluding hydrogens is 260 g/mol. The first-order valence-corrected chi connectivity index (χ1v) is 7.19. The van der Waals surface area contributed by atoms with Crippen LogP contribution in [-0.2, 0) is 6.54 Å². The molecule has 3 aromatic rings. The molecule has 1 atom stereocenters. The summed E-state index contributed by atoms with van der Waals surface area (Å²) in [4.78, 5) is 3.22. The van der Waals surface area contributed by atoms with Gasteiger partial charge in [-0.3, -0.25) is 0 Å². The van der Waals surface area contributed by atoms with Gasteiger partial charge in [0.15, 0.2) is 0 Å². The Balaban J connectivity index is 1.68. The highest BCUT2D eigenvalue weighted by atomic mass is 16.5. The zero-order valence-corrected chi connectivity index (χ0v) is 12.4. The number of H-pyrrole nitrogens is 1. The SMILES string of the molecule is COc1cccc(C(C)NCc2ccc3[nH]ccc3c2)c1. The second-order valence-corrected chi connectivity index (χ2v) is 5.28. The summed E-state index contributed by atoms with van der Waals surface area (Å²) in [5.41, 5.74) is 3.70. The molecule has 0 saturated heterocycles. The third kappa shape index (κ3) is 3.09. The van der Waals surface area contributed by atoms with Crippen LogP contribution in [0.1, 0.15) is 24.1 Å². The van der Waals surface area contributed by atoms with Crippen LogP contribution >= 0.6 is 0 Å². The Hall–Kier alpha value is -2.26. The van der Waals surface area contributed by atoms with Crippen molar-refractivity contribution in [1.29, 1.82) is 0 Å². The first-order chi connectivity index (χ1) is 10.3. The second-order valence-electron chi connectivity index (χ2n) is 5.28. The molecule has 2 aromatic carbocycles. The van der Waals surface area contributed by atoms with E-state index < -0.39 is 0 Å². The predicted octanol–water partition coefficient (Wildman–Crippen LogP) is 4.03. The van der Waals surface area contributed by atoms with Crippen LogP contribution in [0.4, 0.5) is 0 Å². The van der Waals surface area contributed by atoms with E-state index in [2.05, 4.69) is 53.6 Å². The minimum atomic E-state index is 0.280. The normalized spacial score (nSPS) is 12.5. The highest BCUT2D eigenvalue weighted by Crippen LogP contribution is 2.20. The molecule has 1 aromatic heterocycles. The molecule has 0 spiro atoms. The van der Waals surface area contributed by atoms with Crippen molar-refractivity contribution < 1.29 is 4.74 Å². The van der Waals surface area contributed by atoms with Gasteiger partial charge < -0.3 is 15.0 Å². The summed E-state index contributed by atoms with van der Waals surface area (Å²) in [6.45, 7) is 3.02. The summed E-state index contributed by atoms with van der Waals surface area (Å²) in [7, 11) is 1.70. The minimum absolute atomic E-state index is 0.280. The number of aromatic nitrogens is 1. The topological polar surface area (TPSA) is 37.0 Å². The minimum Gasteiger partial charge on any atom is -0.497 e. The molecular formula is C18H20N2O. The van der Waals surface area contributed by atoms with Crippen molar-refractivity contribution in [1.82, 2.24) is 10.3 Å². The number of rotatable bonds is 5. The van der Waals surface area contributed by atoms with Crippen molar-refractivity contribution in [3.05, 3.63) is 65.9 Å². The fourth-order valence-electron chi connectivity index (χ4n) is 2.51. The number of ether oxygens (including phenoxy) is 1. The Kier molecular flexibility index (Phi) is 3.93. The van der Waals surface area contributed by atoms with Crippen LogP contribution < -0.4 is 10.1 Å². The quantitative estimate of drug-likeness (QED) is 0.740. The Labute approximate surface area is 125 Å². The lowest BCUT2D eigenvalue weighted by Crippen LogP contribution is -2.18. The maximum atomic E-state index is 5.28. The standard InChI is InChI=1S/C18H20N2O/c1-13(15-4-3-5-17(11-15)21-2)20-12-14-6-7-18-16(10-14)8-9-19-18/h3-11,13,19-20H,12H2,1-2H3. The van der Waals surface area contributed by atoms with E-state index in [1.54, 1.807) is 7.11 Å². The molecule has 0 aliphatic carbocycles. The average molecular weight is 280 g/mol. The fraction of sp³-hybridized carbons (Fsp3) is 0.222. The van der Waals surface area contributed by atoms with Crippen molar-refractivity contribution in [2.24, 2.45) is 0 Å². The Bertz CT molecular complexity index is 733. The van der Waals surface area contributed by atoms with E-state index in [-0.39, 0.29) is 6.04 Å². The van der Waals surface area contributed by atoms with Crippen molar-refractivity contribution in [2.45, 2.75) is 19.5 Å². The maximum absolute atomic E-state index is 5.28. The zero-order valence-electron chi connectivity index (χ0n) is 12.4. The number of nitrogens with one attached hydrogen (secondary N) is 2. The smallest absolute Gasteiger partial charge is 0.119 e. The maximum Gasteiger partial charge on any atom is 0.119 e. The molecule has 21 heavy (non-hydrogen) atoms. The van der Waals surface area contributed by atoms with Gasteiger partial charge in [0, 0.05) is 24.3 Å². The van der Waals surface area contributed by atoms with Gasteiger partial charge in [0.05, 0.1) is 7.11 Å². The van der Waals surface area contributed by atoms with Crippen molar-refractivity contribution in [2.75, 3.05) is 7.11 Å². The molecule has 3 heteroatoms. The Morgan fingerprint density at radius 2 is 2.05 bits per heavy atom. The number of hydrogen-bond donors (Lipinski definition) is 2. The van der Waals surface area contributed by atoms with Gasteiger partial charge in [-0.05, 0) is 53.8 Å². The van der Waals surface area contributed by atoms with Gasteiger partial charge >= 0.3 is 0 Å². The summed E-state index contributed by atoms with van der Waals surface area (Å²) in [6.07, 6.45) is 1.97. The van der Waals surface area contributed by atoms with Gasteiger partial charge in [-0.25, -0.2) is 0 Å². The molecule has 0 radical (unpaired) electrons. The average Bonchev–Trinajstić information content (AvgIpc) is 3.00. The summed E-state index contributed by atoms with van der Waals surface area (Å²) in [5, 5.41) is 4.81. The largest absolute Gasteiger partial charge is 0.497 e. The Morgan fingerprint density at radius 1 is 1.14 bits per heavy atom. The van der Waals surface area contributed by atoms with Crippen LogP contribution in [0, 0.1) is 0 Å². The summed E-state index contributed by atoms with van der Waals surface area (Å²) < 4.78 is 5.28. The zero-order chi connectivity index (χ0) is 14.7. The lowest BCUT2D eigenvalue weighted by atomic mass is 10.1. The van der Waals surface area contributed by atoms with Crippen LogP contribution in [0.25, 0.3) is 10.9 Å². The highest BCUT2D eigenvalue weighted by Gasteiger charge is 2.06. The van der Waals surface area contributed by atoms with Crippen LogP contribution in [-0.4, -0.2) is 12.1 Å². The monoisotopic (exact) mass is 280 g/mol. The van der Waals surface area contributed by atoms with E-state index in [0.29, 0.717) is 0 Å². The molecule has 0 aliphatic heterocycles. The van der Waals surface area contributed by atoms with Crippen molar-refractivity contribution in [3.8, 4) is 5.75 Å². The Morgan fingerprint density at radius 3 is 2.90 bits per heavy atom. The molecule has 3 nitrogen and oxygen atoms in total. The molecule has 0 saturated carbocycles. The number of benzene rings is 2. The van der Waals surface area contributed by atoms with E-state index in [0.717, 1.165) is 12.3 Å². The molecule has 108 valence electrons. The summed E-state index contributed by atoms with van der Waals surface area (Å²) in [5.74, 6) is 0.898. The van der Waals surface area contributed by atoms with E-state index in [4.69, 9.17) is 4.74 Å². The van der Waals surface area contributed by atoms with Crippen molar-refractivity contribution >= 4 is 10.9 Å². The summed E-state index contributed by atoms with van der Waals surface area (Å²) in [6, 6.07) is 17.1. The first-order valence-electron chi connectivity index (χ1n) is 7.19. The molecule has 0 aliphatic rings. The van der Waals surface area contributed by atoms with E-state index in [1.807, 2.05) is 18.3 Å². The van der Waals surface area contributed by atoms with Gasteiger partial charge in [0.25, 0.3) is 0 Å². The number of hydrogen-bond acceptors (Lipinski definition) is 2. The van der Waals surface area contributed by atoms with Crippen LogP contribution in [0.3, 0.4) is 0 Å². The predicted molar refractivity (Wildman–Crippen MR) is 86.5 cm³/mol. The van der Waals surface area contributed by atoms with Crippen LogP contribution in [0.2, 0.25) is 0 Å². The van der Waals surface area contributed by atoms with E-state index >= 15 is 0 Å². The van der Waals surface area contributed by atoms with Gasteiger partial charge in [0.2, 0.25) is 0 Å². The second kappa shape index (κ2) is 6.02. The lowest BCUT2D eigenvalue weighted by molar-refractivity contribution is 0.413. The molecule has 0 bridgehead atoms. The van der Waals surface area contributed by atoms with Crippen LogP contribution in [0.5, 0.6) is 5.75 Å². The van der Waals surface area contributed by atoms with E-state index in [9.17, 15) is 0 Å². The van der Waals surface area contributed by atoms with Gasteiger partial charge in [-0.1, -0.05) is 18.2 Å². The first kappa shape index (κ1) is 13.7. The van der Waals surface area contributed by atoms with Gasteiger partial charge in [-0.2, -0.15) is 0 Å². The third-order valence-electron chi connectivity index (χ3n) is 3.82. The molecule has 1 heterocycles. The van der Waals surface area contributed by atoms with Crippen LogP contribution in [0.15, 0.2) is 54.7 Å². The lowest BCUT2D eigenvalue weighted by Gasteiger charge is -2.15. The molecule has 0 amide bonds. The molecule has 2 N–H and O–H groups in total. The van der Waals surface area contributed by atoms with Gasteiger partial charge in [0.1, 0.15) is 5.75 Å². The number of aromatic amines is 1. The summed E-state index contributed by atoms with van der Waals surface area (Å²) >= 11 is 0. The molecule has 1 unspecified atom stereocenters.